The molecule has 19 heavy (non-hydrogen) atoms. The van der Waals surface area contributed by atoms with E-state index in [0.29, 0.717) is 25.8 Å². The molecule has 0 bridgehead atoms. The van der Waals surface area contributed by atoms with E-state index in [1.165, 1.54) is 0 Å². The smallest absolute Gasteiger partial charge is 0.330 e. The predicted octanol–water partition coefficient (Wildman–Crippen LogP) is 1.45. The lowest BCUT2D eigenvalue weighted by molar-refractivity contribution is -0.124. The van der Waals surface area contributed by atoms with Crippen molar-refractivity contribution in [1.82, 2.24) is 4.90 Å². The Bertz CT molecular complexity index is 341. The number of carbonyl (C=O) groups is 1. The molecule has 0 aliphatic carbocycles. The summed E-state index contributed by atoms with van der Waals surface area (Å²) in [6, 6.07) is -0.282. The van der Waals surface area contributed by atoms with Gasteiger partial charge in [0.25, 0.3) is 0 Å². The molecule has 0 saturated carbocycles. The lowest BCUT2D eigenvalue weighted by Crippen LogP contribution is -2.48. The number of primary amides is 1. The molecule has 0 aromatic carbocycles. The summed E-state index contributed by atoms with van der Waals surface area (Å²) in [5, 5.41) is 0. The predicted molar refractivity (Wildman–Crippen MR) is 74.1 cm³/mol. The van der Waals surface area contributed by atoms with Gasteiger partial charge in [0.15, 0.2) is 0 Å². The Morgan fingerprint density at radius 2 is 1.95 bits per heavy atom. The zero-order valence-corrected chi connectivity index (χ0v) is 12.9. The molecule has 0 aromatic heterocycles. The number of rotatable bonds is 7. The van der Waals surface area contributed by atoms with Crippen molar-refractivity contribution in [1.29, 1.82) is 0 Å². The monoisotopic (exact) mass is 292 g/mol. The molecule has 0 aromatic rings. The van der Waals surface area contributed by atoms with Crippen LogP contribution >= 0.6 is 7.60 Å². The Labute approximate surface area is 115 Å². The van der Waals surface area contributed by atoms with E-state index in [1.54, 1.807) is 13.8 Å². The number of nitrogens with zero attached hydrogens (tertiary/aromatic N) is 1. The van der Waals surface area contributed by atoms with Gasteiger partial charge in [-0.15, -0.1) is 0 Å². The van der Waals surface area contributed by atoms with E-state index in [2.05, 4.69) is 0 Å². The van der Waals surface area contributed by atoms with Crippen LogP contribution in [0.25, 0.3) is 0 Å². The molecular weight excluding hydrogens is 267 g/mol. The van der Waals surface area contributed by atoms with E-state index in [4.69, 9.17) is 14.8 Å². The van der Waals surface area contributed by atoms with Gasteiger partial charge in [-0.2, -0.15) is 0 Å². The first kappa shape index (κ1) is 16.6. The van der Waals surface area contributed by atoms with Gasteiger partial charge in [0.05, 0.1) is 25.4 Å². The number of likely N-dealkylation sites (N-methyl/N-ethyl adjacent to an activating group) is 1. The number of piperidine rings is 1. The molecule has 6 nitrogen and oxygen atoms in total. The van der Waals surface area contributed by atoms with E-state index in [9.17, 15) is 9.36 Å². The number of likely N-dealkylation sites (tertiary alicyclic amines) is 1. The molecule has 1 aliphatic rings. The van der Waals surface area contributed by atoms with Crippen LogP contribution in [0.1, 0.15) is 26.7 Å². The molecule has 112 valence electrons. The highest BCUT2D eigenvalue weighted by atomic mass is 31.2. The zero-order valence-electron chi connectivity index (χ0n) is 12.0. The van der Waals surface area contributed by atoms with E-state index in [-0.39, 0.29) is 17.9 Å². The first-order valence-corrected chi connectivity index (χ1v) is 8.52. The molecule has 1 heterocycles. The highest BCUT2D eigenvalue weighted by Crippen LogP contribution is 2.51. The Hall–Kier alpha value is -0.420. The first-order chi connectivity index (χ1) is 8.91. The van der Waals surface area contributed by atoms with Gasteiger partial charge in [0.2, 0.25) is 5.91 Å². The van der Waals surface area contributed by atoms with Crippen LogP contribution in [0.2, 0.25) is 0 Å². The number of amides is 1. The highest BCUT2D eigenvalue weighted by Gasteiger charge is 2.35. The van der Waals surface area contributed by atoms with E-state index in [1.807, 2.05) is 11.9 Å². The van der Waals surface area contributed by atoms with Crippen molar-refractivity contribution < 1.29 is 18.4 Å². The highest BCUT2D eigenvalue weighted by molar-refractivity contribution is 7.53. The molecule has 1 amide bonds. The van der Waals surface area contributed by atoms with Gasteiger partial charge in [0, 0.05) is 0 Å². The quantitative estimate of drug-likeness (QED) is 0.718. The Morgan fingerprint density at radius 1 is 1.37 bits per heavy atom. The maximum Gasteiger partial charge on any atom is 0.330 e. The van der Waals surface area contributed by atoms with Crippen LogP contribution in [-0.2, 0) is 18.4 Å². The average molecular weight is 292 g/mol. The normalized spacial score (nSPS) is 25.4. The van der Waals surface area contributed by atoms with Crippen LogP contribution in [0.3, 0.4) is 0 Å². The minimum absolute atomic E-state index is 0.151. The summed E-state index contributed by atoms with van der Waals surface area (Å²) >= 11 is 0. The molecular formula is C12H25N2O4P. The molecule has 1 aliphatic heterocycles. The molecule has 0 radical (unpaired) electrons. The van der Waals surface area contributed by atoms with Crippen molar-refractivity contribution in [2.45, 2.75) is 32.7 Å². The van der Waals surface area contributed by atoms with Crippen LogP contribution in [0.4, 0.5) is 0 Å². The summed E-state index contributed by atoms with van der Waals surface area (Å²) in [6.45, 7) is 5.10. The van der Waals surface area contributed by atoms with Gasteiger partial charge < -0.3 is 14.8 Å². The van der Waals surface area contributed by atoms with Crippen LogP contribution in [0, 0.1) is 5.92 Å². The summed E-state index contributed by atoms with van der Waals surface area (Å²) in [5.41, 5.74) is 5.39. The lowest BCUT2D eigenvalue weighted by Gasteiger charge is -2.36. The van der Waals surface area contributed by atoms with Gasteiger partial charge in [-0.3, -0.25) is 14.3 Å². The molecule has 0 spiro atoms. The molecule has 2 atom stereocenters. The third-order valence-electron chi connectivity index (χ3n) is 3.44. The number of carbonyl (C=O) groups excluding carboxylic acids is 1. The Kier molecular flexibility index (Phi) is 6.47. The van der Waals surface area contributed by atoms with E-state index < -0.39 is 7.60 Å². The lowest BCUT2D eigenvalue weighted by atomic mass is 9.92. The minimum Gasteiger partial charge on any atom is -0.368 e. The fourth-order valence-electron chi connectivity index (χ4n) is 2.51. The summed E-state index contributed by atoms with van der Waals surface area (Å²) in [5.74, 6) is -0.174. The van der Waals surface area contributed by atoms with Crippen molar-refractivity contribution >= 4 is 13.5 Å². The SMILES string of the molecule is CCOP(=O)(CC1CCN(C)C(C(N)=O)C1)OCC. The van der Waals surface area contributed by atoms with Crippen LogP contribution in [0.15, 0.2) is 0 Å². The minimum atomic E-state index is -3.03. The largest absolute Gasteiger partial charge is 0.368 e. The summed E-state index contributed by atoms with van der Waals surface area (Å²) in [6.07, 6.45) is 1.87. The van der Waals surface area contributed by atoms with Crippen LogP contribution in [0.5, 0.6) is 0 Å². The second kappa shape index (κ2) is 7.39. The Morgan fingerprint density at radius 3 is 2.42 bits per heavy atom. The fourth-order valence-corrected chi connectivity index (χ4v) is 4.54. The second-order valence-electron chi connectivity index (χ2n) is 4.92. The van der Waals surface area contributed by atoms with Crippen molar-refractivity contribution in [2.24, 2.45) is 11.7 Å². The van der Waals surface area contributed by atoms with Crippen molar-refractivity contribution in [3.63, 3.8) is 0 Å². The summed E-state index contributed by atoms with van der Waals surface area (Å²) in [4.78, 5) is 13.3. The number of hydrogen-bond donors (Lipinski definition) is 1. The first-order valence-electron chi connectivity index (χ1n) is 6.79. The zero-order chi connectivity index (χ0) is 14.5. The van der Waals surface area contributed by atoms with Crippen molar-refractivity contribution in [3.8, 4) is 0 Å². The van der Waals surface area contributed by atoms with Gasteiger partial charge in [-0.1, -0.05) is 0 Å². The number of hydrogen-bond acceptors (Lipinski definition) is 5. The topological polar surface area (TPSA) is 81.9 Å². The van der Waals surface area contributed by atoms with Crippen molar-refractivity contribution in [2.75, 3.05) is 33.0 Å². The Balaban J connectivity index is 2.65. The van der Waals surface area contributed by atoms with Gasteiger partial charge in [-0.05, 0) is 46.2 Å². The maximum atomic E-state index is 12.5. The molecule has 1 rings (SSSR count). The second-order valence-corrected chi connectivity index (χ2v) is 7.02. The fraction of sp³-hybridized carbons (Fsp3) is 0.917. The molecule has 2 N–H and O–H groups in total. The third-order valence-corrected chi connectivity index (χ3v) is 5.71. The number of nitrogens with two attached hydrogens (primary N) is 1. The van der Waals surface area contributed by atoms with Gasteiger partial charge in [-0.25, -0.2) is 0 Å². The van der Waals surface area contributed by atoms with Crippen molar-refractivity contribution in [3.05, 3.63) is 0 Å². The summed E-state index contributed by atoms with van der Waals surface area (Å²) in [7, 11) is -1.15. The van der Waals surface area contributed by atoms with E-state index in [0.717, 1.165) is 13.0 Å². The molecule has 1 saturated heterocycles. The van der Waals surface area contributed by atoms with Crippen LogP contribution < -0.4 is 5.73 Å². The average Bonchev–Trinajstić information content (AvgIpc) is 2.31. The van der Waals surface area contributed by atoms with Gasteiger partial charge >= 0.3 is 7.60 Å². The summed E-state index contributed by atoms with van der Waals surface area (Å²) < 4.78 is 23.1. The van der Waals surface area contributed by atoms with E-state index >= 15 is 0 Å². The van der Waals surface area contributed by atoms with Crippen LogP contribution in [-0.4, -0.2) is 49.8 Å². The van der Waals surface area contributed by atoms with Gasteiger partial charge in [0.1, 0.15) is 0 Å². The molecule has 7 heteroatoms. The standard InChI is InChI=1S/C12H25N2O4P/c1-4-17-19(16,18-5-2)9-10-6-7-14(3)11(8-10)12(13)15/h10-11H,4-9H2,1-3H3,(H2,13,15). The molecule has 2 unspecified atom stereocenters. The maximum absolute atomic E-state index is 12.5. The molecule has 1 fully saturated rings. The third kappa shape index (κ3) is 4.88.